The van der Waals surface area contributed by atoms with Crippen molar-refractivity contribution in [2.75, 3.05) is 31.3 Å². The van der Waals surface area contributed by atoms with Gasteiger partial charge in [0.15, 0.2) is 5.75 Å². The normalized spacial score (nSPS) is 14.4. The number of ether oxygens (including phenoxy) is 2. The van der Waals surface area contributed by atoms with Crippen molar-refractivity contribution in [2.24, 2.45) is 5.92 Å². The van der Waals surface area contributed by atoms with E-state index in [1.807, 2.05) is 20.9 Å². The molecule has 1 saturated carbocycles. The number of nitrogens with two attached hydrogens (primary N) is 1. The SMILES string of the molecule is COC(=O)c1sc(N(C)CC2CC2)c(OC(C)C)c1N. The van der Waals surface area contributed by atoms with Gasteiger partial charge in [0, 0.05) is 13.6 Å². The lowest BCUT2D eigenvalue weighted by molar-refractivity contribution is 0.0607. The molecule has 6 heteroatoms. The van der Waals surface area contributed by atoms with Gasteiger partial charge in [-0.2, -0.15) is 0 Å². The highest BCUT2D eigenvalue weighted by Gasteiger charge is 2.29. The molecular formula is C14H22N2O3S. The molecule has 1 aliphatic rings. The van der Waals surface area contributed by atoms with Crippen molar-refractivity contribution in [3.8, 4) is 5.75 Å². The van der Waals surface area contributed by atoms with Gasteiger partial charge < -0.3 is 20.1 Å². The third kappa shape index (κ3) is 3.17. The van der Waals surface area contributed by atoms with Crippen LogP contribution in [0.25, 0.3) is 0 Å². The lowest BCUT2D eigenvalue weighted by Gasteiger charge is -2.20. The number of rotatable bonds is 6. The number of carbonyl (C=O) groups excluding carboxylic acids is 1. The Kier molecular flexibility index (Phi) is 4.42. The van der Waals surface area contributed by atoms with E-state index in [4.69, 9.17) is 15.2 Å². The summed E-state index contributed by atoms with van der Waals surface area (Å²) >= 11 is 1.34. The monoisotopic (exact) mass is 298 g/mol. The van der Waals surface area contributed by atoms with E-state index in [1.165, 1.54) is 31.3 Å². The molecule has 0 aromatic carbocycles. The highest BCUT2D eigenvalue weighted by molar-refractivity contribution is 7.19. The largest absolute Gasteiger partial charge is 0.486 e. The van der Waals surface area contributed by atoms with Gasteiger partial charge in [0.25, 0.3) is 0 Å². The first-order chi connectivity index (χ1) is 9.43. The summed E-state index contributed by atoms with van der Waals surface area (Å²) in [4.78, 5) is 14.3. The van der Waals surface area contributed by atoms with Crippen molar-refractivity contribution < 1.29 is 14.3 Å². The van der Waals surface area contributed by atoms with E-state index < -0.39 is 5.97 Å². The molecule has 0 amide bonds. The Bertz CT molecular complexity index is 495. The van der Waals surface area contributed by atoms with Gasteiger partial charge in [0.2, 0.25) is 0 Å². The summed E-state index contributed by atoms with van der Waals surface area (Å²) in [5.41, 5.74) is 6.45. The Hall–Kier alpha value is -1.43. The molecule has 112 valence electrons. The maximum Gasteiger partial charge on any atom is 0.350 e. The average molecular weight is 298 g/mol. The van der Waals surface area contributed by atoms with Gasteiger partial charge in [0.1, 0.15) is 15.6 Å². The third-order valence-corrected chi connectivity index (χ3v) is 4.46. The van der Waals surface area contributed by atoms with Crippen LogP contribution in [0.2, 0.25) is 0 Å². The number of thiophene rings is 1. The van der Waals surface area contributed by atoms with Gasteiger partial charge in [0.05, 0.1) is 13.2 Å². The lowest BCUT2D eigenvalue weighted by Crippen LogP contribution is -2.20. The number of methoxy groups -OCH3 is 1. The number of esters is 1. The van der Waals surface area contributed by atoms with E-state index in [9.17, 15) is 4.79 Å². The molecule has 0 bridgehead atoms. The van der Waals surface area contributed by atoms with Gasteiger partial charge in [-0.1, -0.05) is 0 Å². The summed E-state index contributed by atoms with van der Waals surface area (Å²) in [6.07, 6.45) is 2.55. The van der Waals surface area contributed by atoms with Crippen LogP contribution in [0.1, 0.15) is 36.4 Å². The predicted octanol–water partition coefficient (Wildman–Crippen LogP) is 2.75. The Morgan fingerprint density at radius 2 is 2.15 bits per heavy atom. The van der Waals surface area contributed by atoms with E-state index in [-0.39, 0.29) is 6.10 Å². The fourth-order valence-corrected chi connectivity index (χ4v) is 3.08. The van der Waals surface area contributed by atoms with E-state index in [0.29, 0.717) is 16.3 Å². The van der Waals surface area contributed by atoms with Gasteiger partial charge in [-0.3, -0.25) is 0 Å². The molecule has 1 heterocycles. The molecule has 0 unspecified atom stereocenters. The summed E-state index contributed by atoms with van der Waals surface area (Å²) in [5.74, 6) is 0.942. The molecule has 0 atom stereocenters. The predicted molar refractivity (Wildman–Crippen MR) is 81.8 cm³/mol. The topological polar surface area (TPSA) is 64.8 Å². The zero-order chi connectivity index (χ0) is 14.9. The molecule has 1 aliphatic carbocycles. The molecular weight excluding hydrogens is 276 g/mol. The number of hydrogen-bond acceptors (Lipinski definition) is 6. The second-order valence-corrected chi connectivity index (χ2v) is 6.46. The highest BCUT2D eigenvalue weighted by Crippen LogP contribution is 2.46. The van der Waals surface area contributed by atoms with Crippen LogP contribution in [0.15, 0.2) is 0 Å². The molecule has 0 radical (unpaired) electrons. The summed E-state index contributed by atoms with van der Waals surface area (Å²) < 4.78 is 10.6. The zero-order valence-electron chi connectivity index (χ0n) is 12.4. The fourth-order valence-electron chi connectivity index (χ4n) is 2.03. The summed E-state index contributed by atoms with van der Waals surface area (Å²) in [5, 5.41) is 0.906. The van der Waals surface area contributed by atoms with Crippen LogP contribution in [-0.4, -0.2) is 32.8 Å². The van der Waals surface area contributed by atoms with Crippen molar-refractivity contribution in [1.29, 1.82) is 0 Å². The maximum absolute atomic E-state index is 11.8. The molecule has 5 nitrogen and oxygen atoms in total. The molecule has 20 heavy (non-hydrogen) atoms. The smallest absolute Gasteiger partial charge is 0.350 e. The first-order valence-electron chi connectivity index (χ1n) is 6.82. The average Bonchev–Trinajstić information content (AvgIpc) is 3.14. The van der Waals surface area contributed by atoms with E-state index in [1.54, 1.807) is 0 Å². The van der Waals surface area contributed by atoms with Crippen LogP contribution < -0.4 is 15.4 Å². The number of nitrogen functional groups attached to an aromatic ring is 1. The lowest BCUT2D eigenvalue weighted by atomic mass is 10.3. The second-order valence-electron chi connectivity index (χ2n) is 5.46. The van der Waals surface area contributed by atoms with Crippen molar-refractivity contribution >= 4 is 28.0 Å². The quantitative estimate of drug-likeness (QED) is 0.818. The minimum atomic E-state index is -0.410. The van der Waals surface area contributed by atoms with Crippen molar-refractivity contribution in [1.82, 2.24) is 0 Å². The maximum atomic E-state index is 11.8. The summed E-state index contributed by atoms with van der Waals surface area (Å²) in [6.45, 7) is 4.86. The van der Waals surface area contributed by atoms with Gasteiger partial charge in [-0.15, -0.1) is 11.3 Å². The van der Waals surface area contributed by atoms with Crippen LogP contribution in [0, 0.1) is 5.92 Å². The zero-order valence-corrected chi connectivity index (χ0v) is 13.3. The molecule has 0 aliphatic heterocycles. The summed E-state index contributed by atoms with van der Waals surface area (Å²) in [7, 11) is 3.37. The van der Waals surface area contributed by atoms with E-state index in [0.717, 1.165) is 17.5 Å². The molecule has 0 spiro atoms. The van der Waals surface area contributed by atoms with E-state index >= 15 is 0 Å². The van der Waals surface area contributed by atoms with Crippen molar-refractivity contribution in [3.63, 3.8) is 0 Å². The number of nitrogens with zero attached hydrogens (tertiary/aromatic N) is 1. The minimum absolute atomic E-state index is 0.00507. The Morgan fingerprint density at radius 3 is 2.65 bits per heavy atom. The van der Waals surface area contributed by atoms with Gasteiger partial charge in [-0.05, 0) is 32.6 Å². The van der Waals surface area contributed by atoms with E-state index in [2.05, 4.69) is 4.90 Å². The van der Waals surface area contributed by atoms with Gasteiger partial charge in [-0.25, -0.2) is 4.79 Å². The molecule has 2 rings (SSSR count). The highest BCUT2D eigenvalue weighted by atomic mass is 32.1. The molecule has 2 N–H and O–H groups in total. The number of carbonyl (C=O) groups is 1. The first-order valence-corrected chi connectivity index (χ1v) is 7.64. The van der Waals surface area contributed by atoms with Crippen LogP contribution in [0.4, 0.5) is 10.7 Å². The summed E-state index contributed by atoms with van der Waals surface area (Å²) in [6, 6.07) is 0. The Morgan fingerprint density at radius 1 is 1.50 bits per heavy atom. The third-order valence-electron chi connectivity index (χ3n) is 3.18. The number of hydrogen-bond donors (Lipinski definition) is 1. The standard InChI is InChI=1S/C14H22N2O3S/c1-8(2)19-11-10(15)12(14(17)18-4)20-13(11)16(3)7-9-5-6-9/h8-9H,5-7,15H2,1-4H3. The first kappa shape index (κ1) is 15.0. The molecule has 0 saturated heterocycles. The van der Waals surface area contributed by atoms with Crippen LogP contribution in [-0.2, 0) is 4.74 Å². The van der Waals surface area contributed by atoms with Crippen LogP contribution in [0.5, 0.6) is 5.75 Å². The fraction of sp³-hybridized carbons (Fsp3) is 0.643. The Labute approximate surface area is 123 Å². The van der Waals surface area contributed by atoms with Crippen molar-refractivity contribution in [2.45, 2.75) is 32.8 Å². The Balaban J connectivity index is 2.33. The molecule has 1 aromatic rings. The second kappa shape index (κ2) is 5.91. The number of anilines is 2. The van der Waals surface area contributed by atoms with Crippen molar-refractivity contribution in [3.05, 3.63) is 4.88 Å². The van der Waals surface area contributed by atoms with Crippen LogP contribution >= 0.6 is 11.3 Å². The molecule has 1 aromatic heterocycles. The van der Waals surface area contributed by atoms with Gasteiger partial charge >= 0.3 is 5.97 Å². The van der Waals surface area contributed by atoms with Crippen LogP contribution in [0.3, 0.4) is 0 Å². The molecule has 1 fully saturated rings. The minimum Gasteiger partial charge on any atom is -0.486 e.